The van der Waals surface area contributed by atoms with Crippen LogP contribution in [0.5, 0.6) is 5.75 Å². The molecule has 20 heavy (non-hydrogen) atoms. The Hall–Kier alpha value is -2.24. The normalized spacial score (nSPS) is 10.8. The molecule has 6 heteroatoms. The third-order valence-electron chi connectivity index (χ3n) is 2.42. The van der Waals surface area contributed by atoms with Gasteiger partial charge in [-0.3, -0.25) is 5.32 Å². The van der Waals surface area contributed by atoms with Gasteiger partial charge in [0, 0.05) is 0 Å². The second-order valence-corrected chi connectivity index (χ2v) is 5.27. The molecule has 1 rings (SSSR count). The summed E-state index contributed by atoms with van der Waals surface area (Å²) in [7, 11) is 1.41. The molecule has 0 saturated carbocycles. The molecule has 2 N–H and O–H groups in total. The fourth-order valence-electron chi connectivity index (χ4n) is 1.66. The maximum atomic E-state index is 11.8. The van der Waals surface area contributed by atoms with Crippen LogP contribution in [0.4, 0.5) is 10.5 Å². The number of hydrogen-bond donors (Lipinski definition) is 2. The van der Waals surface area contributed by atoms with Crippen molar-refractivity contribution in [3.63, 3.8) is 0 Å². The van der Waals surface area contributed by atoms with Gasteiger partial charge in [-0.1, -0.05) is 6.07 Å². The molecule has 0 aromatic heterocycles. The van der Waals surface area contributed by atoms with Gasteiger partial charge < -0.3 is 14.6 Å². The van der Waals surface area contributed by atoms with E-state index >= 15 is 0 Å². The number of carbonyl (C=O) groups excluding carboxylic acids is 1. The Bertz CT molecular complexity index is 531. The molecule has 0 heterocycles. The second kappa shape index (κ2) is 5.81. The van der Waals surface area contributed by atoms with Crippen LogP contribution in [0.25, 0.3) is 0 Å². The van der Waals surface area contributed by atoms with Crippen LogP contribution in [-0.4, -0.2) is 29.9 Å². The summed E-state index contributed by atoms with van der Waals surface area (Å²) in [6.07, 6.45) is -0.733. The number of hydrogen-bond acceptors (Lipinski definition) is 4. The molecule has 0 unspecified atom stereocenters. The van der Waals surface area contributed by atoms with Crippen molar-refractivity contribution in [3.05, 3.63) is 23.3 Å². The number of aromatic carboxylic acids is 1. The Morgan fingerprint density at radius 1 is 1.25 bits per heavy atom. The van der Waals surface area contributed by atoms with Crippen LogP contribution in [0.15, 0.2) is 12.1 Å². The van der Waals surface area contributed by atoms with Crippen molar-refractivity contribution in [2.75, 3.05) is 12.4 Å². The van der Waals surface area contributed by atoms with E-state index in [1.54, 1.807) is 33.8 Å². The molecular formula is C14H19NO5. The molecule has 6 nitrogen and oxygen atoms in total. The first kappa shape index (κ1) is 15.8. The summed E-state index contributed by atoms with van der Waals surface area (Å²) in [6.45, 7) is 6.92. The summed E-state index contributed by atoms with van der Waals surface area (Å²) < 4.78 is 10.3. The maximum absolute atomic E-state index is 11.8. The Morgan fingerprint density at radius 2 is 1.85 bits per heavy atom. The van der Waals surface area contributed by atoms with E-state index in [-0.39, 0.29) is 11.3 Å². The van der Waals surface area contributed by atoms with Crippen molar-refractivity contribution in [2.45, 2.75) is 33.3 Å². The second-order valence-electron chi connectivity index (χ2n) is 5.27. The molecular weight excluding hydrogens is 262 g/mol. The van der Waals surface area contributed by atoms with Gasteiger partial charge in [-0.25, -0.2) is 9.59 Å². The number of aryl methyl sites for hydroxylation is 1. The molecule has 0 spiro atoms. The minimum atomic E-state index is -1.16. The van der Waals surface area contributed by atoms with Crippen LogP contribution in [0.3, 0.4) is 0 Å². The first-order chi connectivity index (χ1) is 9.15. The van der Waals surface area contributed by atoms with Crippen molar-refractivity contribution in [1.29, 1.82) is 0 Å². The number of anilines is 1. The molecule has 0 bridgehead atoms. The Kier molecular flexibility index (Phi) is 4.60. The maximum Gasteiger partial charge on any atom is 0.412 e. The largest absolute Gasteiger partial charge is 0.494 e. The zero-order valence-electron chi connectivity index (χ0n) is 12.2. The lowest BCUT2D eigenvalue weighted by Gasteiger charge is -2.21. The minimum absolute atomic E-state index is 0.0571. The third-order valence-corrected chi connectivity index (χ3v) is 2.42. The number of carbonyl (C=O) groups is 2. The number of carboxylic acids is 1. The molecule has 0 aliphatic carbocycles. The molecule has 1 aromatic carbocycles. The fraction of sp³-hybridized carbons (Fsp3) is 0.429. The van der Waals surface area contributed by atoms with Crippen LogP contribution in [0.2, 0.25) is 0 Å². The lowest BCUT2D eigenvalue weighted by molar-refractivity contribution is 0.0635. The molecule has 1 amide bonds. The fourth-order valence-corrected chi connectivity index (χ4v) is 1.66. The zero-order valence-corrected chi connectivity index (χ0v) is 12.2. The van der Waals surface area contributed by atoms with Crippen molar-refractivity contribution in [2.24, 2.45) is 0 Å². The highest BCUT2D eigenvalue weighted by Crippen LogP contribution is 2.32. The van der Waals surface area contributed by atoms with E-state index in [0.717, 1.165) is 0 Å². The predicted molar refractivity (Wildman–Crippen MR) is 74.5 cm³/mol. The van der Waals surface area contributed by atoms with Gasteiger partial charge in [0.25, 0.3) is 0 Å². The smallest absolute Gasteiger partial charge is 0.412 e. The highest BCUT2D eigenvalue weighted by molar-refractivity contribution is 6.01. The molecule has 0 aliphatic heterocycles. The monoisotopic (exact) mass is 281 g/mol. The van der Waals surface area contributed by atoms with Crippen LogP contribution >= 0.6 is 0 Å². The van der Waals surface area contributed by atoms with E-state index in [2.05, 4.69) is 5.32 Å². The summed E-state index contributed by atoms with van der Waals surface area (Å²) >= 11 is 0. The average molecular weight is 281 g/mol. The molecule has 110 valence electrons. The van der Waals surface area contributed by atoms with Crippen molar-refractivity contribution in [3.8, 4) is 5.75 Å². The van der Waals surface area contributed by atoms with Gasteiger partial charge in [-0.05, 0) is 39.3 Å². The quantitative estimate of drug-likeness (QED) is 0.889. The van der Waals surface area contributed by atoms with Crippen LogP contribution < -0.4 is 10.1 Å². The van der Waals surface area contributed by atoms with E-state index in [9.17, 15) is 14.7 Å². The van der Waals surface area contributed by atoms with E-state index < -0.39 is 17.7 Å². The molecule has 0 atom stereocenters. The van der Waals surface area contributed by atoms with E-state index in [4.69, 9.17) is 9.47 Å². The SMILES string of the molecule is COc1c(C)ccc(C(=O)O)c1NC(=O)OC(C)(C)C. The third kappa shape index (κ3) is 3.88. The number of carboxylic acid groups (broad SMARTS) is 1. The van der Waals surface area contributed by atoms with Crippen molar-refractivity contribution >= 4 is 17.7 Å². The first-order valence-electron chi connectivity index (χ1n) is 6.06. The van der Waals surface area contributed by atoms with Crippen molar-refractivity contribution in [1.82, 2.24) is 0 Å². The number of rotatable bonds is 3. The highest BCUT2D eigenvalue weighted by atomic mass is 16.6. The molecule has 0 radical (unpaired) electrons. The van der Waals surface area contributed by atoms with Gasteiger partial charge in [0.15, 0.2) is 0 Å². The van der Waals surface area contributed by atoms with E-state index in [1.165, 1.54) is 13.2 Å². The molecule has 0 saturated heterocycles. The number of ether oxygens (including phenoxy) is 2. The van der Waals surface area contributed by atoms with Crippen LogP contribution in [0.1, 0.15) is 36.7 Å². The summed E-state index contributed by atoms with van der Waals surface area (Å²) in [4.78, 5) is 23.0. The topological polar surface area (TPSA) is 84.9 Å². The summed E-state index contributed by atoms with van der Waals surface area (Å²) in [5.41, 5.74) is 0.0703. The van der Waals surface area contributed by atoms with Gasteiger partial charge in [0.05, 0.1) is 12.7 Å². The van der Waals surface area contributed by atoms with Crippen molar-refractivity contribution < 1.29 is 24.2 Å². The molecule has 1 aromatic rings. The van der Waals surface area contributed by atoms with Crippen LogP contribution in [0, 0.1) is 6.92 Å². The average Bonchev–Trinajstić information content (AvgIpc) is 2.26. The van der Waals surface area contributed by atoms with E-state index in [0.29, 0.717) is 11.3 Å². The zero-order chi connectivity index (χ0) is 15.5. The van der Waals surface area contributed by atoms with Gasteiger partial charge in [0.2, 0.25) is 0 Å². The van der Waals surface area contributed by atoms with Gasteiger partial charge in [0.1, 0.15) is 17.0 Å². The number of amides is 1. The van der Waals surface area contributed by atoms with Gasteiger partial charge in [-0.15, -0.1) is 0 Å². The lowest BCUT2D eigenvalue weighted by Crippen LogP contribution is -2.28. The Balaban J connectivity index is 3.18. The van der Waals surface area contributed by atoms with E-state index in [1.807, 2.05) is 0 Å². The molecule has 0 fully saturated rings. The Morgan fingerprint density at radius 3 is 2.30 bits per heavy atom. The summed E-state index contributed by atoms with van der Waals surface area (Å²) in [5, 5.41) is 11.6. The number of benzene rings is 1. The van der Waals surface area contributed by atoms with Gasteiger partial charge in [-0.2, -0.15) is 0 Å². The standard InChI is InChI=1S/C14H19NO5/c1-8-6-7-9(12(16)17)10(11(8)19-5)15-13(18)20-14(2,3)4/h6-7H,1-5H3,(H,15,18)(H,16,17). The predicted octanol–water partition coefficient (Wildman–Crippen LogP) is 3.05. The highest BCUT2D eigenvalue weighted by Gasteiger charge is 2.22. The minimum Gasteiger partial charge on any atom is -0.494 e. The summed E-state index contributed by atoms with van der Waals surface area (Å²) in [6, 6.07) is 3.02. The molecule has 0 aliphatic rings. The Labute approximate surface area is 117 Å². The first-order valence-corrected chi connectivity index (χ1v) is 6.06. The lowest BCUT2D eigenvalue weighted by atomic mass is 10.1. The number of methoxy groups -OCH3 is 1. The number of nitrogens with one attached hydrogen (secondary N) is 1. The van der Waals surface area contributed by atoms with Crippen LogP contribution in [-0.2, 0) is 4.74 Å². The summed E-state index contributed by atoms with van der Waals surface area (Å²) in [5.74, 6) is -0.856. The van der Waals surface area contributed by atoms with Gasteiger partial charge >= 0.3 is 12.1 Å².